The zero-order valence-corrected chi connectivity index (χ0v) is 11.9. The van der Waals surface area contributed by atoms with Crippen LogP contribution in [0.3, 0.4) is 0 Å². The molecule has 0 aromatic heterocycles. The van der Waals surface area contributed by atoms with E-state index in [1.54, 1.807) is 18.2 Å². The molecule has 0 N–H and O–H groups in total. The third kappa shape index (κ3) is 3.73. The lowest BCUT2D eigenvalue weighted by atomic mass is 9.92. The second-order valence-corrected chi connectivity index (χ2v) is 5.93. The highest BCUT2D eigenvalue weighted by Gasteiger charge is 2.17. The molecule has 1 aliphatic carbocycles. The zero-order chi connectivity index (χ0) is 13.0. The summed E-state index contributed by atoms with van der Waals surface area (Å²) in [7, 11) is 0. The number of carbonyl (C=O) groups is 1. The number of hydrogen-bond donors (Lipinski definition) is 0. The smallest absolute Gasteiger partial charge is 0.163 e. The predicted molar refractivity (Wildman–Crippen MR) is 76.6 cm³/mol. The lowest BCUT2D eigenvalue weighted by Crippen LogP contribution is -2.08. The predicted octanol–water partition coefficient (Wildman–Crippen LogP) is 5.54. The normalized spacial score (nSPS) is 17.4. The van der Waals surface area contributed by atoms with E-state index in [1.165, 1.54) is 38.5 Å². The van der Waals surface area contributed by atoms with Crippen molar-refractivity contribution < 1.29 is 4.79 Å². The standard InChI is InChI=1S/C15H18Cl2O/c16-13-8-7-12(10-14(13)17)15(18)9-11-5-3-1-2-4-6-11/h7-8,10-11H,1-6,9H2. The first-order valence-corrected chi connectivity index (χ1v) is 7.40. The Morgan fingerprint density at radius 1 is 1.06 bits per heavy atom. The van der Waals surface area contributed by atoms with Gasteiger partial charge in [-0.15, -0.1) is 0 Å². The summed E-state index contributed by atoms with van der Waals surface area (Å²) >= 11 is 11.8. The molecule has 1 aromatic rings. The van der Waals surface area contributed by atoms with Crippen LogP contribution in [0.1, 0.15) is 55.3 Å². The van der Waals surface area contributed by atoms with E-state index in [0.29, 0.717) is 27.9 Å². The maximum Gasteiger partial charge on any atom is 0.163 e. The van der Waals surface area contributed by atoms with E-state index in [2.05, 4.69) is 0 Å². The minimum Gasteiger partial charge on any atom is -0.294 e. The molecule has 98 valence electrons. The third-order valence-corrected chi connectivity index (χ3v) is 4.43. The molecule has 0 atom stereocenters. The summed E-state index contributed by atoms with van der Waals surface area (Å²) in [5.74, 6) is 0.745. The fourth-order valence-corrected chi connectivity index (χ4v) is 2.92. The number of benzene rings is 1. The molecule has 1 nitrogen and oxygen atoms in total. The molecule has 0 saturated heterocycles. The van der Waals surface area contributed by atoms with Gasteiger partial charge < -0.3 is 0 Å². The molecular weight excluding hydrogens is 267 g/mol. The molecule has 0 spiro atoms. The first kappa shape index (κ1) is 13.9. The molecule has 0 bridgehead atoms. The van der Waals surface area contributed by atoms with E-state index in [-0.39, 0.29) is 5.78 Å². The highest BCUT2D eigenvalue weighted by Crippen LogP contribution is 2.28. The summed E-state index contributed by atoms with van der Waals surface area (Å²) < 4.78 is 0. The van der Waals surface area contributed by atoms with Gasteiger partial charge in [0.15, 0.2) is 5.78 Å². The van der Waals surface area contributed by atoms with E-state index in [4.69, 9.17) is 23.2 Å². The van der Waals surface area contributed by atoms with Crippen LogP contribution in [-0.2, 0) is 0 Å². The molecule has 0 unspecified atom stereocenters. The molecule has 1 saturated carbocycles. The van der Waals surface area contributed by atoms with Gasteiger partial charge in [0, 0.05) is 12.0 Å². The molecule has 1 fully saturated rings. The van der Waals surface area contributed by atoms with Crippen LogP contribution in [0.15, 0.2) is 18.2 Å². The van der Waals surface area contributed by atoms with Crippen molar-refractivity contribution in [2.75, 3.05) is 0 Å². The second-order valence-electron chi connectivity index (χ2n) is 5.11. The van der Waals surface area contributed by atoms with Crippen LogP contribution in [0.4, 0.5) is 0 Å². The molecule has 18 heavy (non-hydrogen) atoms. The highest BCUT2D eigenvalue weighted by atomic mass is 35.5. The van der Waals surface area contributed by atoms with Crippen LogP contribution < -0.4 is 0 Å². The quantitative estimate of drug-likeness (QED) is 0.526. The Labute approximate surface area is 118 Å². The van der Waals surface area contributed by atoms with Crippen LogP contribution in [0.5, 0.6) is 0 Å². The van der Waals surface area contributed by atoms with Crippen LogP contribution in [0, 0.1) is 5.92 Å². The summed E-state index contributed by atoms with van der Waals surface area (Å²) in [5.41, 5.74) is 0.689. The van der Waals surface area contributed by atoms with Crippen molar-refractivity contribution in [1.82, 2.24) is 0 Å². The van der Waals surface area contributed by atoms with Gasteiger partial charge in [-0.2, -0.15) is 0 Å². The SMILES string of the molecule is O=C(CC1CCCCCC1)c1ccc(Cl)c(Cl)c1. The Hall–Kier alpha value is -0.530. The second kappa shape index (κ2) is 6.58. The van der Waals surface area contributed by atoms with E-state index in [9.17, 15) is 4.79 Å². The maximum atomic E-state index is 12.2. The topological polar surface area (TPSA) is 17.1 Å². The Morgan fingerprint density at radius 3 is 2.33 bits per heavy atom. The number of hydrogen-bond acceptors (Lipinski definition) is 1. The molecular formula is C15H18Cl2O. The number of rotatable bonds is 3. The van der Waals surface area contributed by atoms with E-state index < -0.39 is 0 Å². The molecule has 0 heterocycles. The van der Waals surface area contributed by atoms with Crippen LogP contribution in [-0.4, -0.2) is 5.78 Å². The average molecular weight is 285 g/mol. The fraction of sp³-hybridized carbons (Fsp3) is 0.533. The summed E-state index contributed by atoms with van der Waals surface area (Å²) in [4.78, 5) is 12.2. The first-order chi connectivity index (χ1) is 8.66. The van der Waals surface area contributed by atoms with E-state index >= 15 is 0 Å². The summed E-state index contributed by atoms with van der Waals surface area (Å²) in [6, 6.07) is 5.15. The Bertz CT molecular complexity index is 421. The number of Topliss-reactive ketones (excluding diaryl/α,β-unsaturated/α-hetero) is 1. The molecule has 1 aliphatic rings. The number of ketones is 1. The van der Waals surface area contributed by atoms with Gasteiger partial charge in [-0.25, -0.2) is 0 Å². The first-order valence-electron chi connectivity index (χ1n) is 6.65. The van der Waals surface area contributed by atoms with Crippen LogP contribution in [0.2, 0.25) is 10.0 Å². The number of halogens is 2. The molecule has 1 aromatic carbocycles. The van der Waals surface area contributed by atoms with Crippen molar-refractivity contribution in [2.45, 2.75) is 44.9 Å². The van der Waals surface area contributed by atoms with Gasteiger partial charge in [-0.3, -0.25) is 4.79 Å². The van der Waals surface area contributed by atoms with E-state index in [1.807, 2.05) is 0 Å². The van der Waals surface area contributed by atoms with Gasteiger partial charge in [-0.1, -0.05) is 61.7 Å². The minimum absolute atomic E-state index is 0.195. The summed E-state index contributed by atoms with van der Waals surface area (Å²) in [5, 5.41) is 0.964. The number of carbonyl (C=O) groups excluding carboxylic acids is 1. The van der Waals surface area contributed by atoms with Gasteiger partial charge >= 0.3 is 0 Å². The van der Waals surface area contributed by atoms with Gasteiger partial charge in [0.25, 0.3) is 0 Å². The van der Waals surface area contributed by atoms with E-state index in [0.717, 1.165) is 0 Å². The molecule has 0 radical (unpaired) electrons. The van der Waals surface area contributed by atoms with Gasteiger partial charge in [0.2, 0.25) is 0 Å². The Morgan fingerprint density at radius 2 is 1.72 bits per heavy atom. The zero-order valence-electron chi connectivity index (χ0n) is 10.4. The van der Waals surface area contributed by atoms with Crippen LogP contribution >= 0.6 is 23.2 Å². The highest BCUT2D eigenvalue weighted by molar-refractivity contribution is 6.42. The van der Waals surface area contributed by atoms with Crippen molar-refractivity contribution in [3.63, 3.8) is 0 Å². The van der Waals surface area contributed by atoms with Gasteiger partial charge in [0.1, 0.15) is 0 Å². The molecule has 3 heteroatoms. The van der Waals surface area contributed by atoms with Crippen LogP contribution in [0.25, 0.3) is 0 Å². The lowest BCUT2D eigenvalue weighted by molar-refractivity contribution is 0.0957. The van der Waals surface area contributed by atoms with Crippen molar-refractivity contribution in [3.8, 4) is 0 Å². The molecule has 0 amide bonds. The van der Waals surface area contributed by atoms with Gasteiger partial charge in [0.05, 0.1) is 10.0 Å². The van der Waals surface area contributed by atoms with Crippen molar-refractivity contribution in [2.24, 2.45) is 5.92 Å². The Kier molecular flexibility index (Phi) is 5.08. The summed E-state index contributed by atoms with van der Waals surface area (Å²) in [6.07, 6.45) is 8.19. The third-order valence-electron chi connectivity index (χ3n) is 3.69. The van der Waals surface area contributed by atoms with Crippen molar-refractivity contribution >= 4 is 29.0 Å². The largest absolute Gasteiger partial charge is 0.294 e. The maximum absolute atomic E-state index is 12.2. The fourth-order valence-electron chi connectivity index (χ4n) is 2.62. The molecule has 2 rings (SSSR count). The lowest BCUT2D eigenvalue weighted by Gasteiger charge is -2.12. The average Bonchev–Trinajstić information content (AvgIpc) is 2.61. The summed E-state index contributed by atoms with van der Waals surface area (Å²) in [6.45, 7) is 0. The van der Waals surface area contributed by atoms with Gasteiger partial charge in [-0.05, 0) is 24.1 Å². The van der Waals surface area contributed by atoms with Crippen molar-refractivity contribution in [3.05, 3.63) is 33.8 Å². The minimum atomic E-state index is 0.195. The van der Waals surface area contributed by atoms with Crippen molar-refractivity contribution in [1.29, 1.82) is 0 Å². The molecule has 0 aliphatic heterocycles. The monoisotopic (exact) mass is 284 g/mol. The Balaban J connectivity index is 1.99.